The molecule has 10 heteroatoms. The highest BCUT2D eigenvalue weighted by atomic mass is 19.4. The molecule has 0 aliphatic carbocycles. The van der Waals surface area contributed by atoms with Crippen LogP contribution in [0.15, 0.2) is 121 Å². The highest BCUT2D eigenvalue weighted by molar-refractivity contribution is 5.91. The van der Waals surface area contributed by atoms with Gasteiger partial charge in [-0.15, -0.1) is 0 Å². The van der Waals surface area contributed by atoms with E-state index in [4.69, 9.17) is 0 Å². The maximum Gasteiger partial charge on any atom is 0.418 e. The van der Waals surface area contributed by atoms with Crippen molar-refractivity contribution in [3.05, 3.63) is 160 Å². The number of halogens is 9. The summed E-state index contributed by atoms with van der Waals surface area (Å²) in [5, 5.41) is 0. The van der Waals surface area contributed by atoms with E-state index < -0.39 is 46.3 Å². The molecule has 0 radical (unpaired) electrons. The van der Waals surface area contributed by atoms with E-state index in [2.05, 4.69) is 0 Å². The molecule has 0 unspecified atom stereocenters. The summed E-state index contributed by atoms with van der Waals surface area (Å²) in [7, 11) is 0. The molecule has 44 heavy (non-hydrogen) atoms. The van der Waals surface area contributed by atoms with Crippen LogP contribution in [0, 0.1) is 0 Å². The van der Waals surface area contributed by atoms with Gasteiger partial charge in [0.05, 0.1) is 39.2 Å². The minimum Gasteiger partial charge on any atom is -0.309 e. The van der Waals surface area contributed by atoms with Crippen LogP contribution >= 0.6 is 0 Å². The molecule has 0 bridgehead atoms. The third-order valence-electron chi connectivity index (χ3n) is 7.78. The standard InChI is InChI=1S/C34H20F9N/c35-32(36,37)23-19-26(33(38,39)40)30(27(20-23)34(41,42)43)44-28-17-9-7-15-24(28)31(21-11-3-1-4-12-21,22-13-5-2-6-14-22)25-16-8-10-18-29(25)44/h1-20H. The van der Waals surface area contributed by atoms with Crippen molar-refractivity contribution in [1.29, 1.82) is 0 Å². The lowest BCUT2D eigenvalue weighted by atomic mass is 9.62. The lowest BCUT2D eigenvalue weighted by Crippen LogP contribution is -2.38. The molecule has 5 aromatic carbocycles. The van der Waals surface area contributed by atoms with Gasteiger partial charge in [-0.1, -0.05) is 97.1 Å². The normalized spacial score (nSPS) is 14.6. The SMILES string of the molecule is FC(F)(F)c1cc(C(F)(F)F)c(N2c3ccccc3C(c3ccccc3)(c3ccccc3)c3ccccc32)c(C(F)(F)F)c1. The van der Waals surface area contributed by atoms with Gasteiger partial charge in [0.15, 0.2) is 0 Å². The molecule has 0 spiro atoms. The smallest absolute Gasteiger partial charge is 0.309 e. The van der Waals surface area contributed by atoms with Gasteiger partial charge in [-0.25, -0.2) is 0 Å². The quantitative estimate of drug-likeness (QED) is 0.180. The van der Waals surface area contributed by atoms with E-state index in [9.17, 15) is 39.5 Å². The van der Waals surface area contributed by atoms with Crippen LogP contribution in [-0.4, -0.2) is 0 Å². The van der Waals surface area contributed by atoms with Crippen molar-refractivity contribution in [2.45, 2.75) is 23.9 Å². The van der Waals surface area contributed by atoms with E-state index in [0.717, 1.165) is 4.90 Å². The Balaban J connectivity index is 1.81. The maximum atomic E-state index is 14.6. The predicted octanol–water partition coefficient (Wildman–Crippen LogP) is 10.9. The average Bonchev–Trinajstić information content (AvgIpc) is 2.99. The first-order valence-electron chi connectivity index (χ1n) is 13.3. The molecule has 1 aliphatic heterocycles. The van der Waals surface area contributed by atoms with Gasteiger partial charge in [0.2, 0.25) is 0 Å². The van der Waals surface area contributed by atoms with Gasteiger partial charge in [0, 0.05) is 0 Å². The molecule has 0 fully saturated rings. The number of hydrogen-bond acceptors (Lipinski definition) is 1. The number of fused-ring (bicyclic) bond motifs is 2. The lowest BCUT2D eigenvalue weighted by Gasteiger charge is -2.47. The molecule has 0 aromatic heterocycles. The molecule has 6 rings (SSSR count). The second kappa shape index (κ2) is 10.2. The van der Waals surface area contributed by atoms with Gasteiger partial charge in [0.1, 0.15) is 0 Å². The van der Waals surface area contributed by atoms with Crippen LogP contribution in [0.1, 0.15) is 38.9 Å². The number of nitrogens with zero attached hydrogens (tertiary/aromatic N) is 1. The fraction of sp³-hybridized carbons (Fsp3) is 0.118. The van der Waals surface area contributed by atoms with Crippen molar-refractivity contribution < 1.29 is 39.5 Å². The van der Waals surface area contributed by atoms with Crippen molar-refractivity contribution in [1.82, 2.24) is 0 Å². The van der Waals surface area contributed by atoms with Crippen LogP contribution in [0.5, 0.6) is 0 Å². The molecular formula is C34H20F9N. The highest BCUT2D eigenvalue weighted by Crippen LogP contribution is 2.60. The van der Waals surface area contributed by atoms with Gasteiger partial charge in [0.25, 0.3) is 0 Å². The Labute approximate surface area is 245 Å². The van der Waals surface area contributed by atoms with E-state index >= 15 is 0 Å². The lowest BCUT2D eigenvalue weighted by molar-refractivity contribution is -0.147. The number of rotatable bonds is 3. The minimum absolute atomic E-state index is 0.0466. The van der Waals surface area contributed by atoms with Crippen molar-refractivity contribution in [2.24, 2.45) is 0 Å². The summed E-state index contributed by atoms with van der Waals surface area (Å²) in [6.45, 7) is 0. The van der Waals surface area contributed by atoms with E-state index in [1.807, 2.05) is 24.3 Å². The molecule has 1 aliphatic rings. The molecule has 0 saturated heterocycles. The van der Waals surface area contributed by atoms with E-state index in [1.54, 1.807) is 60.7 Å². The first-order valence-corrected chi connectivity index (χ1v) is 13.3. The summed E-state index contributed by atoms with van der Waals surface area (Å²) >= 11 is 0. The zero-order valence-electron chi connectivity index (χ0n) is 22.4. The molecule has 0 saturated carbocycles. The van der Waals surface area contributed by atoms with Crippen LogP contribution in [0.2, 0.25) is 0 Å². The third-order valence-corrected chi connectivity index (χ3v) is 7.78. The summed E-state index contributed by atoms with van der Waals surface area (Å²) in [5.41, 5.74) is -6.86. The first-order chi connectivity index (χ1) is 20.8. The Hall–Kier alpha value is -4.73. The average molecular weight is 614 g/mol. The topological polar surface area (TPSA) is 3.24 Å². The Morgan fingerprint density at radius 3 is 1.16 bits per heavy atom. The van der Waals surface area contributed by atoms with Gasteiger partial charge >= 0.3 is 18.5 Å². The molecule has 0 atom stereocenters. The molecule has 224 valence electrons. The van der Waals surface area contributed by atoms with E-state index in [0.29, 0.717) is 22.3 Å². The van der Waals surface area contributed by atoms with Crippen molar-refractivity contribution >= 4 is 17.1 Å². The number of alkyl halides is 9. The number of hydrogen-bond donors (Lipinski definition) is 0. The van der Waals surface area contributed by atoms with Crippen LogP contribution < -0.4 is 4.90 Å². The van der Waals surface area contributed by atoms with Gasteiger partial charge < -0.3 is 4.90 Å². The largest absolute Gasteiger partial charge is 0.418 e. The Kier molecular flexibility index (Phi) is 6.79. The van der Waals surface area contributed by atoms with Crippen LogP contribution in [0.25, 0.3) is 0 Å². The van der Waals surface area contributed by atoms with Crippen molar-refractivity contribution in [3.63, 3.8) is 0 Å². The third kappa shape index (κ3) is 4.60. The number of benzene rings is 5. The van der Waals surface area contributed by atoms with Crippen molar-refractivity contribution in [3.8, 4) is 0 Å². The fourth-order valence-electron chi connectivity index (χ4n) is 6.12. The summed E-state index contributed by atoms with van der Waals surface area (Å²) in [6.07, 6.45) is -16.6. The summed E-state index contributed by atoms with van der Waals surface area (Å²) in [4.78, 5) is 0.792. The predicted molar refractivity (Wildman–Crippen MR) is 148 cm³/mol. The molecule has 5 aromatic rings. The fourth-order valence-corrected chi connectivity index (χ4v) is 6.12. The highest BCUT2D eigenvalue weighted by Gasteiger charge is 2.51. The number of para-hydroxylation sites is 2. The zero-order valence-corrected chi connectivity index (χ0v) is 22.4. The number of anilines is 3. The molecule has 1 heterocycles. The van der Waals surface area contributed by atoms with Crippen LogP contribution in [-0.2, 0) is 23.9 Å². The Morgan fingerprint density at radius 2 is 0.795 bits per heavy atom. The second-order valence-corrected chi connectivity index (χ2v) is 10.3. The molecule has 0 amide bonds. The molecule has 1 nitrogen and oxygen atoms in total. The minimum atomic E-state index is -5.58. The zero-order chi connectivity index (χ0) is 31.5. The van der Waals surface area contributed by atoms with Crippen molar-refractivity contribution in [2.75, 3.05) is 4.90 Å². The first kappa shape index (κ1) is 29.3. The van der Waals surface area contributed by atoms with Crippen LogP contribution in [0.4, 0.5) is 56.6 Å². The maximum absolute atomic E-state index is 14.6. The summed E-state index contributed by atoms with van der Waals surface area (Å²) in [5.74, 6) is 0. The Bertz CT molecular complexity index is 1700. The van der Waals surface area contributed by atoms with Gasteiger partial charge in [-0.3, -0.25) is 0 Å². The molecule has 0 N–H and O–H groups in total. The van der Waals surface area contributed by atoms with Crippen LogP contribution in [0.3, 0.4) is 0 Å². The van der Waals surface area contributed by atoms with E-state index in [-0.39, 0.29) is 23.5 Å². The summed E-state index contributed by atoms with van der Waals surface area (Å²) in [6, 6.07) is 29.6. The van der Waals surface area contributed by atoms with E-state index in [1.165, 1.54) is 24.3 Å². The van der Waals surface area contributed by atoms with Gasteiger partial charge in [-0.05, 0) is 46.5 Å². The van der Waals surface area contributed by atoms with Gasteiger partial charge in [-0.2, -0.15) is 39.5 Å². The Morgan fingerprint density at radius 1 is 0.432 bits per heavy atom. The second-order valence-electron chi connectivity index (χ2n) is 10.3. The monoisotopic (exact) mass is 613 g/mol. The summed E-state index contributed by atoms with van der Waals surface area (Å²) < 4.78 is 129. The molecular weight excluding hydrogens is 593 g/mol.